The lowest BCUT2D eigenvalue weighted by molar-refractivity contribution is 0.254. The third-order valence-corrected chi connectivity index (χ3v) is 9.99. The molecule has 0 aliphatic heterocycles. The van der Waals surface area contributed by atoms with Crippen molar-refractivity contribution in [2.45, 2.75) is 80.6 Å². The predicted octanol–water partition coefficient (Wildman–Crippen LogP) is 7.14. The van der Waals surface area contributed by atoms with Gasteiger partial charge in [-0.05, 0) is 103 Å². The molecular formula is C25H44. The lowest BCUT2D eigenvalue weighted by Crippen LogP contribution is -2.17. The van der Waals surface area contributed by atoms with E-state index in [1.165, 1.54) is 18.3 Å². The Bertz CT molecular complexity index is 478. The maximum Gasteiger partial charge on any atom is -0.0349 e. The lowest BCUT2D eigenvalue weighted by atomic mass is 9.82. The van der Waals surface area contributed by atoms with Gasteiger partial charge in [-0.25, -0.2) is 0 Å². The van der Waals surface area contributed by atoms with Crippen LogP contribution in [-0.2, 0) is 0 Å². The summed E-state index contributed by atoms with van der Waals surface area (Å²) in [6.07, 6.45) is 7.76. The number of rotatable bonds is 9. The number of hydrogen-bond acceptors (Lipinski definition) is 0. The van der Waals surface area contributed by atoms with Gasteiger partial charge < -0.3 is 0 Å². The van der Waals surface area contributed by atoms with Crippen molar-refractivity contribution in [2.75, 3.05) is 0 Å². The van der Waals surface area contributed by atoms with Crippen molar-refractivity contribution >= 4 is 0 Å². The summed E-state index contributed by atoms with van der Waals surface area (Å²) in [6.45, 7) is 17.3. The van der Waals surface area contributed by atoms with Gasteiger partial charge in [0.05, 0.1) is 0 Å². The van der Waals surface area contributed by atoms with E-state index >= 15 is 0 Å². The number of hydrogen-bond donors (Lipinski definition) is 0. The summed E-state index contributed by atoms with van der Waals surface area (Å²) in [5.41, 5.74) is 0. The van der Waals surface area contributed by atoms with Gasteiger partial charge in [-0.3, -0.25) is 0 Å². The van der Waals surface area contributed by atoms with Crippen LogP contribution in [0.5, 0.6) is 0 Å². The van der Waals surface area contributed by atoms with E-state index in [0.717, 1.165) is 65.1 Å². The summed E-state index contributed by atoms with van der Waals surface area (Å²) < 4.78 is 0. The third-order valence-electron chi connectivity index (χ3n) is 9.99. The average Bonchev–Trinajstić information content (AvgIpc) is 3.45. The molecule has 0 aromatic rings. The predicted molar refractivity (Wildman–Crippen MR) is 108 cm³/mol. The molecule has 0 spiro atoms. The minimum Gasteiger partial charge on any atom is -0.0651 e. The van der Waals surface area contributed by atoms with Crippen LogP contribution in [0.3, 0.4) is 0 Å². The van der Waals surface area contributed by atoms with Gasteiger partial charge in [0.25, 0.3) is 0 Å². The fraction of sp³-hybridized carbons (Fsp3) is 1.00. The monoisotopic (exact) mass is 344 g/mol. The first-order valence-corrected chi connectivity index (χ1v) is 11.8. The summed E-state index contributed by atoms with van der Waals surface area (Å²) in [5.74, 6) is 13.8. The van der Waals surface area contributed by atoms with E-state index in [0.29, 0.717) is 0 Å². The van der Waals surface area contributed by atoms with Crippen molar-refractivity contribution in [1.29, 1.82) is 0 Å². The van der Waals surface area contributed by atoms with Crippen LogP contribution in [0.15, 0.2) is 0 Å². The van der Waals surface area contributed by atoms with Crippen LogP contribution in [-0.4, -0.2) is 0 Å². The van der Waals surface area contributed by atoms with Gasteiger partial charge in [0.1, 0.15) is 0 Å². The van der Waals surface area contributed by atoms with Gasteiger partial charge in [0.15, 0.2) is 0 Å². The first-order chi connectivity index (χ1) is 11.8. The third kappa shape index (κ3) is 3.45. The molecule has 0 nitrogen and oxygen atoms in total. The molecule has 0 heterocycles. The van der Waals surface area contributed by atoms with E-state index in [1.54, 1.807) is 25.7 Å². The van der Waals surface area contributed by atoms with Crippen LogP contribution < -0.4 is 0 Å². The quantitative estimate of drug-likeness (QED) is 0.417. The van der Waals surface area contributed by atoms with Crippen molar-refractivity contribution in [3.05, 3.63) is 0 Å². The molecule has 4 rings (SSSR count). The zero-order valence-electron chi connectivity index (χ0n) is 18.0. The van der Waals surface area contributed by atoms with E-state index in [4.69, 9.17) is 0 Å². The molecule has 4 fully saturated rings. The topological polar surface area (TPSA) is 0 Å². The van der Waals surface area contributed by atoms with Gasteiger partial charge in [-0.15, -0.1) is 0 Å². The second kappa shape index (κ2) is 6.56. The highest BCUT2D eigenvalue weighted by molar-refractivity contribution is 5.13. The van der Waals surface area contributed by atoms with Crippen LogP contribution in [0.2, 0.25) is 0 Å². The van der Waals surface area contributed by atoms with Gasteiger partial charge in [0.2, 0.25) is 0 Å². The first kappa shape index (κ1) is 18.4. The fourth-order valence-corrected chi connectivity index (χ4v) is 6.90. The summed E-state index contributed by atoms with van der Waals surface area (Å²) in [6, 6.07) is 0. The van der Waals surface area contributed by atoms with E-state index < -0.39 is 0 Å². The van der Waals surface area contributed by atoms with Crippen LogP contribution in [0.4, 0.5) is 0 Å². The molecule has 144 valence electrons. The summed E-state index contributed by atoms with van der Waals surface area (Å²) >= 11 is 0. The molecule has 0 bridgehead atoms. The molecule has 0 saturated heterocycles. The highest BCUT2D eigenvalue weighted by Crippen LogP contribution is 2.71. The van der Waals surface area contributed by atoms with E-state index in [9.17, 15) is 0 Å². The zero-order valence-corrected chi connectivity index (χ0v) is 18.0. The smallest absolute Gasteiger partial charge is 0.0349 e. The Labute approximate surface area is 157 Å². The second-order valence-electron chi connectivity index (χ2n) is 11.5. The largest absolute Gasteiger partial charge is 0.0651 e. The van der Waals surface area contributed by atoms with Gasteiger partial charge in [0, 0.05) is 0 Å². The van der Waals surface area contributed by atoms with Gasteiger partial charge in [-0.1, -0.05) is 54.9 Å². The van der Waals surface area contributed by atoms with Crippen LogP contribution in [0.1, 0.15) is 80.6 Å². The minimum absolute atomic E-state index is 0.860. The molecule has 0 heteroatoms. The molecule has 12 atom stereocenters. The Balaban J connectivity index is 1.21. The first-order valence-electron chi connectivity index (χ1n) is 11.8. The van der Waals surface area contributed by atoms with E-state index in [-0.39, 0.29) is 0 Å². The van der Waals surface area contributed by atoms with Crippen molar-refractivity contribution in [1.82, 2.24) is 0 Å². The molecule has 0 aromatic heterocycles. The molecule has 4 saturated carbocycles. The average molecular weight is 345 g/mol. The highest BCUT2D eigenvalue weighted by atomic mass is 14.7. The molecule has 12 unspecified atom stereocenters. The van der Waals surface area contributed by atoms with E-state index in [1.807, 2.05) is 0 Å². The van der Waals surface area contributed by atoms with Gasteiger partial charge in [-0.2, -0.15) is 0 Å². The van der Waals surface area contributed by atoms with Crippen molar-refractivity contribution in [3.63, 3.8) is 0 Å². The van der Waals surface area contributed by atoms with Crippen molar-refractivity contribution < 1.29 is 0 Å². The Morgan fingerprint density at radius 1 is 0.600 bits per heavy atom. The second-order valence-corrected chi connectivity index (χ2v) is 11.5. The minimum atomic E-state index is 0.860. The Morgan fingerprint density at radius 3 is 1.48 bits per heavy atom. The van der Waals surface area contributed by atoms with Crippen LogP contribution in [0.25, 0.3) is 0 Å². The molecule has 0 N–H and O–H groups in total. The fourth-order valence-electron chi connectivity index (χ4n) is 6.90. The van der Waals surface area contributed by atoms with E-state index in [2.05, 4.69) is 48.5 Å². The summed E-state index contributed by atoms with van der Waals surface area (Å²) in [5, 5.41) is 0. The molecule has 0 radical (unpaired) electrons. The molecule has 25 heavy (non-hydrogen) atoms. The van der Waals surface area contributed by atoms with Gasteiger partial charge >= 0.3 is 0 Å². The highest BCUT2D eigenvalue weighted by Gasteiger charge is 2.64. The SMILES string of the molecule is CCC(C)C(C)C1CC1C1CC1C1CC1C1CC1C(C)C(C)C(C)C. The Kier molecular flexibility index (Phi) is 4.82. The standard InChI is InChI=1S/C25H44/c1-8-14(4)16(6)18-9-20(18)22-11-24(22)25-12-23(25)21-10-19(21)17(7)15(5)13(2)3/h13-25H,8-12H2,1-7H3. The zero-order chi connectivity index (χ0) is 18.0. The molecule has 4 aliphatic carbocycles. The molecular weight excluding hydrogens is 300 g/mol. The molecule has 4 aliphatic rings. The molecule has 0 amide bonds. The summed E-state index contributed by atoms with van der Waals surface area (Å²) in [4.78, 5) is 0. The maximum atomic E-state index is 2.55. The summed E-state index contributed by atoms with van der Waals surface area (Å²) in [7, 11) is 0. The van der Waals surface area contributed by atoms with Crippen LogP contribution in [0, 0.1) is 76.9 Å². The normalized spacial score (nSPS) is 49.4. The Hall–Kier alpha value is 0. The lowest BCUT2D eigenvalue weighted by Gasteiger charge is -2.23. The maximum absolute atomic E-state index is 2.55. The molecule has 0 aromatic carbocycles. The van der Waals surface area contributed by atoms with Crippen molar-refractivity contribution in [3.8, 4) is 0 Å². The van der Waals surface area contributed by atoms with Crippen LogP contribution >= 0.6 is 0 Å². The van der Waals surface area contributed by atoms with Crippen molar-refractivity contribution in [2.24, 2.45) is 76.9 Å². The Morgan fingerprint density at radius 2 is 1.04 bits per heavy atom.